The summed E-state index contributed by atoms with van der Waals surface area (Å²) in [7, 11) is -2.11. The fraction of sp³-hybridized carbons (Fsp3) is 0.364. The zero-order valence-electron chi connectivity index (χ0n) is 18.0. The van der Waals surface area contributed by atoms with Gasteiger partial charge in [0.05, 0.1) is 18.4 Å². The van der Waals surface area contributed by atoms with Crippen molar-refractivity contribution in [3.05, 3.63) is 54.4 Å². The second kappa shape index (κ2) is 10.4. The Hall–Kier alpha value is -2.91. The Bertz CT molecular complexity index is 1100. The predicted molar refractivity (Wildman–Crippen MR) is 122 cm³/mol. The van der Waals surface area contributed by atoms with E-state index in [0.717, 1.165) is 19.6 Å². The fourth-order valence-electron chi connectivity index (χ4n) is 3.22. The summed E-state index contributed by atoms with van der Waals surface area (Å²) in [5.41, 5.74) is 1.25. The summed E-state index contributed by atoms with van der Waals surface area (Å²) < 4.78 is 39.3. The van der Waals surface area contributed by atoms with Crippen LogP contribution in [0.3, 0.4) is 0 Å². The van der Waals surface area contributed by atoms with Crippen molar-refractivity contribution >= 4 is 26.7 Å². The number of hydrogen-bond donors (Lipinski definition) is 1. The first-order valence-corrected chi connectivity index (χ1v) is 11.8. The zero-order valence-corrected chi connectivity index (χ0v) is 18.9. The number of rotatable bonds is 11. The molecule has 0 radical (unpaired) electrons. The van der Waals surface area contributed by atoms with Gasteiger partial charge in [0, 0.05) is 18.0 Å². The molecule has 0 amide bonds. The minimum atomic E-state index is -3.66. The van der Waals surface area contributed by atoms with Crippen molar-refractivity contribution in [1.82, 2.24) is 14.9 Å². The molecule has 0 bridgehead atoms. The number of fused-ring (bicyclic) bond motifs is 1. The van der Waals surface area contributed by atoms with E-state index < -0.39 is 10.0 Å². The lowest BCUT2D eigenvalue weighted by atomic mass is 10.2. The van der Waals surface area contributed by atoms with Gasteiger partial charge in [-0.25, -0.2) is 18.4 Å². The summed E-state index contributed by atoms with van der Waals surface area (Å²) >= 11 is 0. The molecular formula is C22H28N4O4S. The summed E-state index contributed by atoms with van der Waals surface area (Å²) in [4.78, 5) is 10.7. The first-order chi connectivity index (χ1) is 15.0. The molecule has 0 saturated carbocycles. The number of benzene rings is 2. The quantitative estimate of drug-likeness (QED) is 0.485. The van der Waals surface area contributed by atoms with Crippen LogP contribution in [0.5, 0.6) is 11.5 Å². The van der Waals surface area contributed by atoms with Crippen molar-refractivity contribution in [2.75, 3.05) is 38.1 Å². The Kier molecular flexibility index (Phi) is 7.64. The van der Waals surface area contributed by atoms with E-state index in [4.69, 9.17) is 9.47 Å². The van der Waals surface area contributed by atoms with Crippen molar-refractivity contribution in [3.63, 3.8) is 0 Å². The van der Waals surface area contributed by atoms with Crippen LogP contribution in [0, 0.1) is 0 Å². The minimum absolute atomic E-state index is 0.150. The van der Waals surface area contributed by atoms with Crippen LogP contribution in [0.25, 0.3) is 10.9 Å². The van der Waals surface area contributed by atoms with E-state index in [-0.39, 0.29) is 11.6 Å². The lowest BCUT2D eigenvalue weighted by molar-refractivity contribution is 0.217. The molecule has 1 N–H and O–H groups in total. The molecule has 3 aromatic rings. The molecule has 0 spiro atoms. The highest BCUT2D eigenvalue weighted by atomic mass is 32.2. The number of ether oxygens (including phenoxy) is 2. The third kappa shape index (κ3) is 6.05. The lowest BCUT2D eigenvalue weighted by Gasteiger charge is -2.19. The molecule has 8 nitrogen and oxygen atoms in total. The molecule has 0 saturated heterocycles. The topological polar surface area (TPSA) is 93.6 Å². The number of anilines is 1. The first kappa shape index (κ1) is 22.8. The van der Waals surface area contributed by atoms with E-state index in [1.165, 1.54) is 6.33 Å². The van der Waals surface area contributed by atoms with Crippen LogP contribution >= 0.6 is 0 Å². The molecule has 31 heavy (non-hydrogen) atoms. The van der Waals surface area contributed by atoms with Crippen molar-refractivity contribution in [3.8, 4) is 11.5 Å². The van der Waals surface area contributed by atoms with Gasteiger partial charge < -0.3 is 14.4 Å². The van der Waals surface area contributed by atoms with Crippen LogP contribution < -0.4 is 14.2 Å². The van der Waals surface area contributed by atoms with Crippen molar-refractivity contribution < 1.29 is 17.9 Å². The van der Waals surface area contributed by atoms with Crippen molar-refractivity contribution in [2.45, 2.75) is 19.6 Å². The van der Waals surface area contributed by atoms with Gasteiger partial charge in [-0.3, -0.25) is 4.72 Å². The van der Waals surface area contributed by atoms with E-state index in [1.54, 1.807) is 43.5 Å². The maximum atomic E-state index is 12.7. The monoisotopic (exact) mass is 444 g/mol. The van der Waals surface area contributed by atoms with Crippen molar-refractivity contribution in [2.24, 2.45) is 0 Å². The molecule has 0 atom stereocenters. The number of nitrogens with one attached hydrogen (secondary N) is 1. The number of hydrogen-bond acceptors (Lipinski definition) is 7. The van der Waals surface area contributed by atoms with E-state index in [1.807, 2.05) is 6.07 Å². The van der Waals surface area contributed by atoms with Crippen LogP contribution in [-0.2, 0) is 15.8 Å². The molecule has 166 valence electrons. The molecule has 3 rings (SSSR count). The van der Waals surface area contributed by atoms with Gasteiger partial charge >= 0.3 is 0 Å². The molecule has 1 aromatic heterocycles. The number of methoxy groups -OCH3 is 1. The summed E-state index contributed by atoms with van der Waals surface area (Å²) in [5.74, 6) is 1.10. The second-order valence-corrected chi connectivity index (χ2v) is 8.69. The Labute approximate surface area is 183 Å². The summed E-state index contributed by atoms with van der Waals surface area (Å²) in [6.07, 6.45) is 1.33. The molecule has 2 aromatic carbocycles. The standard InChI is InChI=1S/C22H28N4O4S/c1-4-26(5-2)11-12-30-21-14-19-18(13-20(21)29-3)22(24-16-23-19)25-31(27,28)15-17-9-7-6-8-10-17/h6-10,13-14,16H,4-5,11-12,15H2,1-3H3,(H,23,24,25). The summed E-state index contributed by atoms with van der Waals surface area (Å²) in [6, 6.07) is 12.4. The van der Waals surface area contributed by atoms with Gasteiger partial charge in [-0.15, -0.1) is 0 Å². The van der Waals surface area contributed by atoms with Gasteiger partial charge in [0.2, 0.25) is 10.0 Å². The minimum Gasteiger partial charge on any atom is -0.493 e. The number of nitrogens with zero attached hydrogens (tertiary/aromatic N) is 3. The largest absolute Gasteiger partial charge is 0.493 e. The van der Waals surface area contributed by atoms with Crippen LogP contribution in [-0.4, -0.2) is 56.6 Å². The highest BCUT2D eigenvalue weighted by Gasteiger charge is 2.17. The van der Waals surface area contributed by atoms with Gasteiger partial charge in [0.15, 0.2) is 17.3 Å². The van der Waals surface area contributed by atoms with Gasteiger partial charge in [-0.2, -0.15) is 0 Å². The predicted octanol–water partition coefficient (Wildman–Crippen LogP) is 3.30. The highest BCUT2D eigenvalue weighted by molar-refractivity contribution is 7.91. The van der Waals surface area contributed by atoms with E-state index in [9.17, 15) is 8.42 Å². The van der Waals surface area contributed by atoms with Crippen LogP contribution in [0.4, 0.5) is 5.82 Å². The zero-order chi connectivity index (χ0) is 22.3. The Morgan fingerprint density at radius 3 is 2.45 bits per heavy atom. The third-order valence-corrected chi connectivity index (χ3v) is 6.15. The van der Waals surface area contributed by atoms with Gasteiger partial charge in [0.1, 0.15) is 12.9 Å². The van der Waals surface area contributed by atoms with Crippen LogP contribution in [0.15, 0.2) is 48.8 Å². The average molecular weight is 445 g/mol. The smallest absolute Gasteiger partial charge is 0.238 e. The van der Waals surface area contributed by atoms with E-state index in [2.05, 4.69) is 33.4 Å². The molecule has 0 unspecified atom stereocenters. The second-order valence-electron chi connectivity index (χ2n) is 6.96. The van der Waals surface area contributed by atoms with Gasteiger partial charge in [-0.1, -0.05) is 44.2 Å². The molecule has 0 aliphatic carbocycles. The molecule has 0 aliphatic heterocycles. The van der Waals surface area contributed by atoms with Crippen LogP contribution in [0.2, 0.25) is 0 Å². The maximum absolute atomic E-state index is 12.7. The Morgan fingerprint density at radius 2 is 1.77 bits per heavy atom. The summed E-state index contributed by atoms with van der Waals surface area (Å²) in [6.45, 7) is 7.42. The van der Waals surface area contributed by atoms with E-state index in [0.29, 0.717) is 34.6 Å². The number of likely N-dealkylation sites (N-methyl/N-ethyl adjacent to an activating group) is 1. The Balaban J connectivity index is 1.83. The number of aromatic nitrogens is 2. The molecule has 0 fully saturated rings. The molecule has 1 heterocycles. The Morgan fingerprint density at radius 1 is 1.03 bits per heavy atom. The SMILES string of the molecule is CCN(CC)CCOc1cc2ncnc(NS(=O)(=O)Cc3ccccc3)c2cc1OC. The van der Waals surface area contributed by atoms with Crippen molar-refractivity contribution in [1.29, 1.82) is 0 Å². The van der Waals surface area contributed by atoms with E-state index >= 15 is 0 Å². The molecular weight excluding hydrogens is 416 g/mol. The van der Waals surface area contributed by atoms with Gasteiger partial charge in [-0.05, 0) is 24.7 Å². The number of sulfonamides is 1. The average Bonchev–Trinajstić information content (AvgIpc) is 2.76. The molecule has 9 heteroatoms. The normalized spacial score (nSPS) is 11.6. The molecule has 0 aliphatic rings. The first-order valence-electron chi connectivity index (χ1n) is 10.2. The lowest BCUT2D eigenvalue weighted by Crippen LogP contribution is -2.27. The summed E-state index contributed by atoms with van der Waals surface area (Å²) in [5, 5.41) is 0.534. The third-order valence-electron chi connectivity index (χ3n) is 4.93. The highest BCUT2D eigenvalue weighted by Crippen LogP contribution is 2.34. The van der Waals surface area contributed by atoms with Gasteiger partial charge in [0.25, 0.3) is 0 Å². The maximum Gasteiger partial charge on any atom is 0.238 e. The van der Waals surface area contributed by atoms with Crippen LogP contribution in [0.1, 0.15) is 19.4 Å². The fourth-order valence-corrected chi connectivity index (χ4v) is 4.38.